The van der Waals surface area contributed by atoms with Gasteiger partial charge in [-0.25, -0.2) is 19.3 Å². The van der Waals surface area contributed by atoms with Gasteiger partial charge in [-0.15, -0.1) is 0 Å². The summed E-state index contributed by atoms with van der Waals surface area (Å²) in [6, 6.07) is 16.7. The molecule has 7 nitrogen and oxygen atoms in total. The smallest absolute Gasteiger partial charge is 0.255 e. The third kappa shape index (κ3) is 5.83. The largest absolute Gasteiger partial charge is 0.397 e. The van der Waals surface area contributed by atoms with Crippen LogP contribution in [0.25, 0.3) is 0 Å². The van der Waals surface area contributed by atoms with Crippen molar-refractivity contribution in [2.24, 2.45) is 0 Å². The Labute approximate surface area is 194 Å². The van der Waals surface area contributed by atoms with Gasteiger partial charge in [-0.1, -0.05) is 30.0 Å². The van der Waals surface area contributed by atoms with E-state index in [1.807, 2.05) is 31.2 Å². The molecule has 0 saturated carbocycles. The van der Waals surface area contributed by atoms with Gasteiger partial charge in [0, 0.05) is 23.7 Å². The van der Waals surface area contributed by atoms with Crippen molar-refractivity contribution < 1.29 is 9.18 Å². The fraction of sp³-hybridized carbons (Fsp3) is 0.0833. The maximum Gasteiger partial charge on any atom is 0.255 e. The molecule has 2 aromatic heterocycles. The Morgan fingerprint density at radius 1 is 1.06 bits per heavy atom. The number of carbonyl (C=O) groups excluding carboxylic acids is 1. The number of amides is 1. The number of anilines is 4. The second-order valence-electron chi connectivity index (χ2n) is 7.19. The van der Waals surface area contributed by atoms with E-state index in [4.69, 9.17) is 5.73 Å². The van der Waals surface area contributed by atoms with E-state index in [2.05, 4.69) is 25.6 Å². The predicted octanol–water partition coefficient (Wildman–Crippen LogP) is 5.19. The molecule has 0 aliphatic carbocycles. The molecule has 9 heteroatoms. The van der Waals surface area contributed by atoms with Gasteiger partial charge >= 0.3 is 0 Å². The average Bonchev–Trinajstić information content (AvgIpc) is 2.82. The van der Waals surface area contributed by atoms with Crippen LogP contribution in [0.4, 0.5) is 27.4 Å². The monoisotopic (exact) mass is 460 g/mol. The topological polar surface area (TPSA) is 106 Å². The Kier molecular flexibility index (Phi) is 6.80. The predicted molar refractivity (Wildman–Crippen MR) is 129 cm³/mol. The molecule has 1 amide bonds. The van der Waals surface area contributed by atoms with Crippen molar-refractivity contribution in [2.75, 3.05) is 16.4 Å². The number of rotatable bonds is 7. The van der Waals surface area contributed by atoms with Crippen LogP contribution in [0, 0.1) is 12.7 Å². The highest BCUT2D eigenvalue weighted by atomic mass is 32.2. The first-order valence-electron chi connectivity index (χ1n) is 10.1. The molecule has 4 rings (SSSR count). The molecule has 0 bridgehead atoms. The highest BCUT2D eigenvalue weighted by molar-refractivity contribution is 7.98. The van der Waals surface area contributed by atoms with Gasteiger partial charge in [0.15, 0.2) is 5.16 Å². The molecule has 0 radical (unpaired) electrons. The zero-order chi connectivity index (χ0) is 23.2. The van der Waals surface area contributed by atoms with Gasteiger partial charge in [0.2, 0.25) is 0 Å². The first kappa shape index (κ1) is 22.2. The summed E-state index contributed by atoms with van der Waals surface area (Å²) in [5.41, 5.74) is 8.80. The van der Waals surface area contributed by atoms with E-state index in [-0.39, 0.29) is 11.6 Å². The Bertz CT molecular complexity index is 1280. The number of halogens is 1. The average molecular weight is 461 g/mol. The quantitative estimate of drug-likeness (QED) is 0.198. The van der Waals surface area contributed by atoms with E-state index in [0.29, 0.717) is 28.0 Å². The van der Waals surface area contributed by atoms with Crippen LogP contribution in [0.5, 0.6) is 0 Å². The van der Waals surface area contributed by atoms with E-state index in [1.165, 1.54) is 30.0 Å². The van der Waals surface area contributed by atoms with E-state index in [1.54, 1.807) is 30.6 Å². The van der Waals surface area contributed by atoms with Crippen LogP contribution in [0.2, 0.25) is 0 Å². The molecule has 0 fully saturated rings. The van der Waals surface area contributed by atoms with Crippen molar-refractivity contribution >= 4 is 40.7 Å². The Morgan fingerprint density at radius 3 is 2.64 bits per heavy atom. The van der Waals surface area contributed by atoms with Crippen molar-refractivity contribution in [1.29, 1.82) is 0 Å². The van der Waals surface area contributed by atoms with Crippen LogP contribution >= 0.6 is 11.8 Å². The normalized spacial score (nSPS) is 10.6. The van der Waals surface area contributed by atoms with E-state index in [0.717, 1.165) is 16.9 Å². The lowest BCUT2D eigenvalue weighted by atomic mass is 10.1. The second kappa shape index (κ2) is 10.1. The third-order valence-corrected chi connectivity index (χ3v) is 5.67. The minimum atomic E-state index is -0.454. The fourth-order valence-electron chi connectivity index (χ4n) is 2.96. The number of benzene rings is 2. The summed E-state index contributed by atoms with van der Waals surface area (Å²) in [6.07, 6.45) is 3.43. The Balaban J connectivity index is 1.36. The van der Waals surface area contributed by atoms with Crippen LogP contribution in [0.1, 0.15) is 21.5 Å². The number of carbonyl (C=O) groups is 1. The molecular weight excluding hydrogens is 439 g/mol. The number of aryl methyl sites for hydroxylation is 1. The minimum absolute atomic E-state index is 0.172. The zero-order valence-electron chi connectivity index (χ0n) is 17.7. The van der Waals surface area contributed by atoms with Gasteiger partial charge in [-0.3, -0.25) is 4.79 Å². The Morgan fingerprint density at radius 2 is 1.88 bits per heavy atom. The standard InChI is InChI=1S/C24H21FN6OS/c1-15-3-2-11-27-22(15)30-21-10-12-28-24(31-21)33-14-16-4-6-17(7-5-16)23(32)29-20-9-8-18(25)13-19(20)26/h2-13H,14,26H2,1H3,(H,29,32)(H,27,28,30,31). The number of aromatic nitrogens is 3. The maximum atomic E-state index is 13.2. The number of nitrogen functional groups attached to an aromatic ring is 1. The first-order valence-corrected chi connectivity index (χ1v) is 11.1. The molecule has 166 valence electrons. The number of thioether (sulfide) groups is 1. The summed E-state index contributed by atoms with van der Waals surface area (Å²) in [5, 5.41) is 6.53. The summed E-state index contributed by atoms with van der Waals surface area (Å²) in [4.78, 5) is 25.6. The first-order chi connectivity index (χ1) is 16.0. The molecule has 0 aliphatic rings. The number of pyridine rings is 1. The van der Waals surface area contributed by atoms with Crippen molar-refractivity contribution in [3.05, 3.63) is 95.6 Å². The zero-order valence-corrected chi connectivity index (χ0v) is 18.6. The van der Waals surface area contributed by atoms with Gasteiger partial charge < -0.3 is 16.4 Å². The van der Waals surface area contributed by atoms with Gasteiger partial charge in [-0.05, 0) is 60.5 Å². The summed E-state index contributed by atoms with van der Waals surface area (Å²) >= 11 is 1.49. The van der Waals surface area contributed by atoms with Crippen molar-refractivity contribution in [3.63, 3.8) is 0 Å². The molecule has 33 heavy (non-hydrogen) atoms. The molecule has 4 aromatic rings. The number of hydrogen-bond acceptors (Lipinski definition) is 7. The summed E-state index contributed by atoms with van der Waals surface area (Å²) in [6.45, 7) is 1.98. The second-order valence-corrected chi connectivity index (χ2v) is 8.13. The van der Waals surface area contributed by atoms with Crippen molar-refractivity contribution in [3.8, 4) is 0 Å². The molecular formula is C24H21FN6OS. The maximum absolute atomic E-state index is 13.2. The summed E-state index contributed by atoms with van der Waals surface area (Å²) in [7, 11) is 0. The van der Waals surface area contributed by atoms with E-state index < -0.39 is 5.82 Å². The molecule has 2 aromatic carbocycles. The van der Waals surface area contributed by atoms with Crippen molar-refractivity contribution in [1.82, 2.24) is 15.0 Å². The number of nitrogens with two attached hydrogens (primary N) is 1. The highest BCUT2D eigenvalue weighted by Gasteiger charge is 2.10. The number of hydrogen-bond donors (Lipinski definition) is 3. The van der Waals surface area contributed by atoms with Crippen molar-refractivity contribution in [2.45, 2.75) is 17.8 Å². The molecule has 0 saturated heterocycles. The number of nitrogens with zero attached hydrogens (tertiary/aromatic N) is 3. The number of nitrogens with one attached hydrogen (secondary N) is 2. The minimum Gasteiger partial charge on any atom is -0.397 e. The molecule has 0 atom stereocenters. The van der Waals surface area contributed by atoms with Gasteiger partial charge in [0.05, 0.1) is 11.4 Å². The lowest BCUT2D eigenvalue weighted by molar-refractivity contribution is 0.102. The van der Waals surface area contributed by atoms with Crippen LogP contribution in [-0.2, 0) is 5.75 Å². The van der Waals surface area contributed by atoms with Gasteiger partial charge in [0.1, 0.15) is 17.5 Å². The molecule has 0 unspecified atom stereocenters. The van der Waals surface area contributed by atoms with Gasteiger partial charge in [0.25, 0.3) is 5.91 Å². The molecule has 2 heterocycles. The van der Waals surface area contributed by atoms with Crippen LogP contribution in [0.15, 0.2) is 78.2 Å². The molecule has 4 N–H and O–H groups in total. The Hall–Kier alpha value is -3.98. The SMILES string of the molecule is Cc1cccnc1Nc1ccnc(SCc2ccc(C(=O)Nc3ccc(F)cc3N)cc2)n1. The highest BCUT2D eigenvalue weighted by Crippen LogP contribution is 2.23. The van der Waals surface area contributed by atoms with Gasteiger partial charge in [-0.2, -0.15) is 0 Å². The third-order valence-electron chi connectivity index (χ3n) is 4.74. The summed E-state index contributed by atoms with van der Waals surface area (Å²) < 4.78 is 13.2. The molecule has 0 aliphatic heterocycles. The van der Waals surface area contributed by atoms with Crippen LogP contribution in [0.3, 0.4) is 0 Å². The molecule has 0 spiro atoms. The lowest BCUT2D eigenvalue weighted by Gasteiger charge is -2.09. The van der Waals surface area contributed by atoms with Crippen LogP contribution in [-0.4, -0.2) is 20.9 Å². The summed E-state index contributed by atoms with van der Waals surface area (Å²) in [5.74, 6) is 1.28. The van der Waals surface area contributed by atoms with E-state index in [9.17, 15) is 9.18 Å². The fourth-order valence-corrected chi connectivity index (χ4v) is 3.75. The van der Waals surface area contributed by atoms with Crippen LogP contribution < -0.4 is 16.4 Å². The lowest BCUT2D eigenvalue weighted by Crippen LogP contribution is -2.13. The van der Waals surface area contributed by atoms with E-state index >= 15 is 0 Å².